The third-order valence-corrected chi connectivity index (χ3v) is 4.74. The smallest absolute Gasteiger partial charge is 0.216 e. The van der Waals surface area contributed by atoms with E-state index in [1.165, 1.54) is 0 Å². The van der Waals surface area contributed by atoms with Crippen molar-refractivity contribution in [3.8, 4) is 0 Å². The van der Waals surface area contributed by atoms with Gasteiger partial charge in [0.25, 0.3) is 0 Å². The van der Waals surface area contributed by atoms with Crippen molar-refractivity contribution in [2.45, 2.75) is 31.1 Å². The second-order valence-electron chi connectivity index (χ2n) is 5.28. The van der Waals surface area contributed by atoms with Crippen LogP contribution in [-0.4, -0.2) is 27.2 Å². The second kappa shape index (κ2) is 5.48. The Hall–Kier alpha value is -1.11. The van der Waals surface area contributed by atoms with Crippen molar-refractivity contribution in [1.82, 2.24) is 4.72 Å². The topological polar surface area (TPSA) is 81.4 Å². The number of ether oxygens (including phenoxy) is 1. The summed E-state index contributed by atoms with van der Waals surface area (Å²) >= 11 is 0. The molecule has 1 atom stereocenters. The predicted molar refractivity (Wildman–Crippen MR) is 75.1 cm³/mol. The number of hydrogen-bond donors (Lipinski definition) is 2. The van der Waals surface area contributed by atoms with Crippen LogP contribution in [0.25, 0.3) is 0 Å². The molecule has 1 aromatic carbocycles. The second-order valence-corrected chi connectivity index (χ2v) is 7.00. The molecular weight excluding hydrogens is 264 g/mol. The molecule has 1 saturated heterocycles. The SMILES string of the molecule is CC1(NS(=O)(=O)Cc2ccccc2N)CCCOC1. The Kier molecular flexibility index (Phi) is 4.13. The molecule has 1 fully saturated rings. The van der Waals surface area contributed by atoms with Crippen molar-refractivity contribution < 1.29 is 13.2 Å². The Morgan fingerprint density at radius 1 is 1.42 bits per heavy atom. The summed E-state index contributed by atoms with van der Waals surface area (Å²) in [7, 11) is -3.43. The zero-order chi connectivity index (χ0) is 13.9. The fourth-order valence-electron chi connectivity index (χ4n) is 2.30. The van der Waals surface area contributed by atoms with Crippen LogP contribution in [0.15, 0.2) is 24.3 Å². The van der Waals surface area contributed by atoms with Crippen LogP contribution in [0.5, 0.6) is 0 Å². The zero-order valence-corrected chi connectivity index (χ0v) is 11.9. The number of para-hydroxylation sites is 1. The minimum Gasteiger partial charge on any atom is -0.398 e. The average Bonchev–Trinajstić information content (AvgIpc) is 2.31. The summed E-state index contributed by atoms with van der Waals surface area (Å²) in [5, 5.41) is 0. The Morgan fingerprint density at radius 2 is 2.16 bits per heavy atom. The van der Waals surface area contributed by atoms with Gasteiger partial charge in [0.2, 0.25) is 10.0 Å². The minimum absolute atomic E-state index is 0.102. The lowest BCUT2D eigenvalue weighted by Crippen LogP contribution is -2.51. The molecule has 3 N–H and O–H groups in total. The summed E-state index contributed by atoms with van der Waals surface area (Å²) in [6, 6.07) is 7.01. The van der Waals surface area contributed by atoms with E-state index in [1.54, 1.807) is 24.3 Å². The molecule has 19 heavy (non-hydrogen) atoms. The molecule has 0 aromatic heterocycles. The molecule has 5 nitrogen and oxygen atoms in total. The third-order valence-electron chi connectivity index (χ3n) is 3.24. The summed E-state index contributed by atoms with van der Waals surface area (Å²) < 4.78 is 32.5. The van der Waals surface area contributed by atoms with Crippen LogP contribution in [-0.2, 0) is 20.5 Å². The lowest BCUT2D eigenvalue weighted by molar-refractivity contribution is 0.0386. The molecule has 0 aliphatic carbocycles. The molecule has 1 aliphatic heterocycles. The van der Waals surface area contributed by atoms with Gasteiger partial charge in [-0.3, -0.25) is 0 Å². The molecule has 1 unspecified atom stereocenters. The molecule has 1 aliphatic rings. The summed E-state index contributed by atoms with van der Waals surface area (Å²) in [5.41, 5.74) is 6.38. The van der Waals surface area contributed by atoms with Crippen LogP contribution in [0.1, 0.15) is 25.3 Å². The van der Waals surface area contributed by atoms with Crippen LogP contribution in [0.4, 0.5) is 5.69 Å². The standard InChI is InChI=1S/C13H20N2O3S/c1-13(7-4-8-18-10-13)15-19(16,17)9-11-5-2-3-6-12(11)14/h2-3,5-6,15H,4,7-10,14H2,1H3. The van der Waals surface area contributed by atoms with Gasteiger partial charge in [0.05, 0.1) is 17.9 Å². The van der Waals surface area contributed by atoms with Gasteiger partial charge in [-0.2, -0.15) is 0 Å². The lowest BCUT2D eigenvalue weighted by atomic mass is 9.97. The third kappa shape index (κ3) is 3.92. The Bertz CT molecular complexity index is 537. The zero-order valence-electron chi connectivity index (χ0n) is 11.1. The van der Waals surface area contributed by atoms with Crippen LogP contribution < -0.4 is 10.5 Å². The minimum atomic E-state index is -3.43. The molecule has 2 rings (SSSR count). The average molecular weight is 284 g/mol. The first-order valence-electron chi connectivity index (χ1n) is 6.33. The van der Waals surface area contributed by atoms with E-state index in [4.69, 9.17) is 10.5 Å². The first-order valence-corrected chi connectivity index (χ1v) is 7.98. The maximum Gasteiger partial charge on any atom is 0.216 e. The van der Waals surface area contributed by atoms with Crippen LogP contribution in [0, 0.1) is 0 Å². The van der Waals surface area contributed by atoms with E-state index in [9.17, 15) is 8.42 Å². The van der Waals surface area contributed by atoms with E-state index in [0.29, 0.717) is 24.5 Å². The molecule has 6 heteroatoms. The van der Waals surface area contributed by atoms with E-state index in [2.05, 4.69) is 4.72 Å². The lowest BCUT2D eigenvalue weighted by Gasteiger charge is -2.33. The quantitative estimate of drug-likeness (QED) is 0.816. The predicted octanol–water partition coefficient (Wildman–Crippen LogP) is 1.26. The first-order chi connectivity index (χ1) is 8.90. The van der Waals surface area contributed by atoms with Crippen LogP contribution in [0.2, 0.25) is 0 Å². The number of hydrogen-bond acceptors (Lipinski definition) is 4. The number of rotatable bonds is 4. The van der Waals surface area contributed by atoms with Gasteiger partial charge in [-0.25, -0.2) is 13.1 Å². The highest BCUT2D eigenvalue weighted by Gasteiger charge is 2.32. The molecule has 1 aromatic rings. The van der Waals surface area contributed by atoms with Crippen LogP contribution in [0.3, 0.4) is 0 Å². The fourth-order valence-corrected chi connectivity index (χ4v) is 3.95. The van der Waals surface area contributed by atoms with Crippen molar-refractivity contribution in [3.05, 3.63) is 29.8 Å². The number of nitrogens with one attached hydrogen (secondary N) is 1. The van der Waals surface area contributed by atoms with E-state index in [-0.39, 0.29) is 5.75 Å². The van der Waals surface area contributed by atoms with Crippen molar-refractivity contribution in [2.24, 2.45) is 0 Å². The maximum absolute atomic E-state index is 12.2. The van der Waals surface area contributed by atoms with Gasteiger partial charge < -0.3 is 10.5 Å². The summed E-state index contributed by atoms with van der Waals surface area (Å²) in [4.78, 5) is 0. The number of sulfonamides is 1. The summed E-state index contributed by atoms with van der Waals surface area (Å²) in [6.07, 6.45) is 1.66. The van der Waals surface area contributed by atoms with E-state index >= 15 is 0 Å². The molecular formula is C13H20N2O3S. The van der Waals surface area contributed by atoms with Crippen molar-refractivity contribution in [2.75, 3.05) is 18.9 Å². The maximum atomic E-state index is 12.2. The molecule has 0 spiro atoms. The van der Waals surface area contributed by atoms with Gasteiger partial charge in [0.15, 0.2) is 0 Å². The van der Waals surface area contributed by atoms with Gasteiger partial charge in [0.1, 0.15) is 0 Å². The van der Waals surface area contributed by atoms with E-state index in [1.807, 2.05) is 6.92 Å². The van der Waals surface area contributed by atoms with Crippen molar-refractivity contribution in [1.29, 1.82) is 0 Å². The molecule has 106 valence electrons. The molecule has 1 heterocycles. The van der Waals surface area contributed by atoms with E-state index in [0.717, 1.165) is 12.8 Å². The number of anilines is 1. The Balaban J connectivity index is 2.09. The first kappa shape index (κ1) is 14.3. The normalized spacial score (nSPS) is 24.3. The highest BCUT2D eigenvalue weighted by molar-refractivity contribution is 7.88. The van der Waals surface area contributed by atoms with Crippen molar-refractivity contribution in [3.63, 3.8) is 0 Å². The number of nitrogens with two attached hydrogens (primary N) is 1. The van der Waals surface area contributed by atoms with Gasteiger partial charge >= 0.3 is 0 Å². The van der Waals surface area contributed by atoms with Gasteiger partial charge in [0, 0.05) is 12.3 Å². The van der Waals surface area contributed by atoms with Gasteiger partial charge in [-0.1, -0.05) is 18.2 Å². The Morgan fingerprint density at radius 3 is 2.79 bits per heavy atom. The van der Waals surface area contributed by atoms with E-state index < -0.39 is 15.6 Å². The fraction of sp³-hybridized carbons (Fsp3) is 0.538. The highest BCUT2D eigenvalue weighted by Crippen LogP contribution is 2.21. The molecule has 0 saturated carbocycles. The Labute approximate surface area is 114 Å². The molecule has 0 bridgehead atoms. The van der Waals surface area contributed by atoms with Crippen molar-refractivity contribution >= 4 is 15.7 Å². The molecule has 0 radical (unpaired) electrons. The van der Waals surface area contributed by atoms with Gasteiger partial charge in [-0.15, -0.1) is 0 Å². The largest absolute Gasteiger partial charge is 0.398 e. The number of nitrogen functional groups attached to an aromatic ring is 1. The number of benzene rings is 1. The van der Waals surface area contributed by atoms with Crippen LogP contribution >= 0.6 is 0 Å². The summed E-state index contributed by atoms with van der Waals surface area (Å²) in [6.45, 7) is 2.98. The van der Waals surface area contributed by atoms with Gasteiger partial charge in [-0.05, 0) is 31.4 Å². The highest BCUT2D eigenvalue weighted by atomic mass is 32.2. The molecule has 0 amide bonds. The summed E-state index contributed by atoms with van der Waals surface area (Å²) in [5.74, 6) is -0.102. The monoisotopic (exact) mass is 284 g/mol.